The van der Waals surface area contributed by atoms with Gasteiger partial charge in [-0.2, -0.15) is 0 Å². The first-order valence-electron chi connectivity index (χ1n) is 6.37. The molecule has 1 unspecified atom stereocenters. The number of benzene rings is 1. The summed E-state index contributed by atoms with van der Waals surface area (Å²) in [4.78, 5) is 15.9. The highest BCUT2D eigenvalue weighted by molar-refractivity contribution is 5.84. The Labute approximate surface area is 111 Å². The predicted molar refractivity (Wildman–Crippen MR) is 68.9 cm³/mol. The van der Waals surface area contributed by atoms with Crippen LogP contribution in [0.3, 0.4) is 0 Å². The monoisotopic (exact) mass is 257 g/mol. The molecule has 2 heterocycles. The standard InChI is InChI=1S/C14H15N3O2/c1-19-14(18)12-15-13-11(8-5-9-17(13)16-12)10-6-3-2-4-7-10/h2-4,6-7,11H,5,8-9H2,1H3. The largest absolute Gasteiger partial charge is 0.463 e. The fraction of sp³-hybridized carbons (Fsp3) is 0.357. The van der Waals surface area contributed by atoms with E-state index in [4.69, 9.17) is 0 Å². The lowest BCUT2D eigenvalue weighted by Crippen LogP contribution is -2.17. The second-order valence-corrected chi connectivity index (χ2v) is 4.61. The number of carbonyl (C=O) groups is 1. The van der Waals surface area contributed by atoms with Crippen LogP contribution in [0.15, 0.2) is 30.3 Å². The van der Waals surface area contributed by atoms with Gasteiger partial charge < -0.3 is 4.74 Å². The van der Waals surface area contributed by atoms with E-state index >= 15 is 0 Å². The van der Waals surface area contributed by atoms with Gasteiger partial charge >= 0.3 is 5.97 Å². The first-order chi connectivity index (χ1) is 9.29. The molecule has 1 atom stereocenters. The van der Waals surface area contributed by atoms with E-state index in [9.17, 15) is 4.79 Å². The van der Waals surface area contributed by atoms with Gasteiger partial charge in [0.25, 0.3) is 5.82 Å². The third-order valence-corrected chi connectivity index (χ3v) is 3.44. The third-order valence-electron chi connectivity index (χ3n) is 3.44. The number of hydrogen-bond acceptors (Lipinski definition) is 4. The lowest BCUT2D eigenvalue weighted by molar-refractivity contribution is 0.0586. The first kappa shape index (κ1) is 11.9. The SMILES string of the molecule is COC(=O)c1nc2n(n1)CCCC2c1ccccc1. The van der Waals surface area contributed by atoms with E-state index in [1.807, 2.05) is 22.9 Å². The van der Waals surface area contributed by atoms with Gasteiger partial charge in [-0.05, 0) is 18.4 Å². The summed E-state index contributed by atoms with van der Waals surface area (Å²) in [5.41, 5.74) is 1.22. The summed E-state index contributed by atoms with van der Waals surface area (Å²) < 4.78 is 6.50. The van der Waals surface area contributed by atoms with Crippen LogP contribution in [0.5, 0.6) is 0 Å². The minimum absolute atomic E-state index is 0.153. The molecule has 5 heteroatoms. The number of rotatable bonds is 2. The first-order valence-corrected chi connectivity index (χ1v) is 6.37. The van der Waals surface area contributed by atoms with E-state index < -0.39 is 5.97 Å². The van der Waals surface area contributed by atoms with E-state index in [0.29, 0.717) is 0 Å². The Hall–Kier alpha value is -2.17. The number of ether oxygens (including phenoxy) is 1. The summed E-state index contributed by atoms with van der Waals surface area (Å²) >= 11 is 0. The fourth-order valence-corrected chi connectivity index (χ4v) is 2.53. The van der Waals surface area contributed by atoms with Crippen molar-refractivity contribution in [3.05, 3.63) is 47.5 Å². The second-order valence-electron chi connectivity index (χ2n) is 4.61. The smallest absolute Gasteiger partial charge is 0.377 e. The molecule has 1 aliphatic rings. The van der Waals surface area contributed by atoms with Gasteiger partial charge in [-0.3, -0.25) is 0 Å². The molecule has 3 rings (SSSR count). The Kier molecular flexibility index (Phi) is 3.03. The van der Waals surface area contributed by atoms with Crippen LogP contribution in [0.2, 0.25) is 0 Å². The molecule has 1 aromatic heterocycles. The van der Waals surface area contributed by atoms with E-state index in [-0.39, 0.29) is 11.7 Å². The van der Waals surface area contributed by atoms with E-state index in [1.54, 1.807) is 0 Å². The number of nitrogens with zero attached hydrogens (tertiary/aromatic N) is 3. The molecular weight excluding hydrogens is 242 g/mol. The zero-order chi connectivity index (χ0) is 13.2. The van der Waals surface area contributed by atoms with Crippen LogP contribution >= 0.6 is 0 Å². The van der Waals surface area contributed by atoms with E-state index in [1.165, 1.54) is 12.7 Å². The van der Waals surface area contributed by atoms with Gasteiger partial charge in [0.05, 0.1) is 7.11 Å². The predicted octanol–water partition coefficient (Wildman–Crippen LogP) is 1.99. The Bertz CT molecular complexity index is 592. The minimum atomic E-state index is -0.478. The summed E-state index contributed by atoms with van der Waals surface area (Å²) in [6.45, 7) is 0.808. The highest BCUT2D eigenvalue weighted by Crippen LogP contribution is 2.31. The van der Waals surface area contributed by atoms with Crippen molar-refractivity contribution in [3.8, 4) is 0 Å². The van der Waals surface area contributed by atoms with Crippen molar-refractivity contribution >= 4 is 5.97 Å². The Balaban J connectivity index is 2.00. The molecule has 5 nitrogen and oxygen atoms in total. The van der Waals surface area contributed by atoms with Crippen LogP contribution in [0.1, 0.15) is 40.8 Å². The zero-order valence-electron chi connectivity index (χ0n) is 10.7. The van der Waals surface area contributed by atoms with Gasteiger partial charge in [0.15, 0.2) is 0 Å². The maximum Gasteiger partial charge on any atom is 0.377 e. The molecule has 1 aromatic carbocycles. The third kappa shape index (κ3) is 2.12. The van der Waals surface area contributed by atoms with Crippen LogP contribution in [0.25, 0.3) is 0 Å². The minimum Gasteiger partial charge on any atom is -0.463 e. The number of esters is 1. The number of aromatic nitrogens is 3. The Morgan fingerprint density at radius 3 is 2.89 bits per heavy atom. The average Bonchev–Trinajstić information content (AvgIpc) is 2.91. The molecule has 0 saturated heterocycles. The van der Waals surface area contributed by atoms with Crippen molar-refractivity contribution in [2.24, 2.45) is 0 Å². The molecule has 0 bridgehead atoms. The van der Waals surface area contributed by atoms with Gasteiger partial charge in [0, 0.05) is 12.5 Å². The van der Waals surface area contributed by atoms with Crippen molar-refractivity contribution in [3.63, 3.8) is 0 Å². The highest BCUT2D eigenvalue weighted by atomic mass is 16.5. The molecule has 0 amide bonds. The van der Waals surface area contributed by atoms with Crippen molar-refractivity contribution < 1.29 is 9.53 Å². The van der Waals surface area contributed by atoms with E-state index in [2.05, 4.69) is 27.0 Å². The summed E-state index contributed by atoms with van der Waals surface area (Å²) in [6.07, 6.45) is 2.07. The molecule has 0 N–H and O–H groups in total. The van der Waals surface area contributed by atoms with Gasteiger partial charge in [-0.1, -0.05) is 30.3 Å². The zero-order valence-corrected chi connectivity index (χ0v) is 10.7. The van der Waals surface area contributed by atoms with E-state index in [0.717, 1.165) is 25.2 Å². The fourth-order valence-electron chi connectivity index (χ4n) is 2.53. The summed E-state index contributed by atoms with van der Waals surface area (Å²) in [7, 11) is 1.34. The van der Waals surface area contributed by atoms with Crippen LogP contribution in [0.4, 0.5) is 0 Å². The molecule has 0 radical (unpaired) electrons. The van der Waals surface area contributed by atoms with Crippen molar-refractivity contribution in [1.82, 2.24) is 14.8 Å². The van der Waals surface area contributed by atoms with Gasteiger partial charge in [-0.15, -0.1) is 5.10 Å². The lowest BCUT2D eigenvalue weighted by atomic mass is 9.91. The number of fused-ring (bicyclic) bond motifs is 1. The van der Waals surface area contributed by atoms with Crippen molar-refractivity contribution in [1.29, 1.82) is 0 Å². The number of carbonyl (C=O) groups excluding carboxylic acids is 1. The molecule has 98 valence electrons. The topological polar surface area (TPSA) is 57.0 Å². The Morgan fingerprint density at radius 2 is 2.16 bits per heavy atom. The van der Waals surface area contributed by atoms with Crippen molar-refractivity contribution in [2.45, 2.75) is 25.3 Å². The van der Waals surface area contributed by atoms with Crippen LogP contribution < -0.4 is 0 Å². The number of methoxy groups -OCH3 is 1. The number of aryl methyl sites for hydroxylation is 1. The molecule has 1 aliphatic heterocycles. The molecular formula is C14H15N3O2. The quantitative estimate of drug-likeness (QED) is 0.772. The van der Waals surface area contributed by atoms with Crippen LogP contribution in [0, 0.1) is 0 Å². The van der Waals surface area contributed by atoms with Crippen LogP contribution in [-0.2, 0) is 11.3 Å². The maximum absolute atomic E-state index is 11.5. The normalized spacial score (nSPS) is 17.8. The molecule has 19 heavy (non-hydrogen) atoms. The molecule has 0 fully saturated rings. The Morgan fingerprint density at radius 1 is 1.37 bits per heavy atom. The summed E-state index contributed by atoms with van der Waals surface area (Å²) in [5, 5.41) is 4.23. The molecule has 0 aliphatic carbocycles. The highest BCUT2D eigenvalue weighted by Gasteiger charge is 2.27. The molecule has 0 spiro atoms. The average molecular weight is 257 g/mol. The molecule has 2 aromatic rings. The van der Waals surface area contributed by atoms with Crippen molar-refractivity contribution in [2.75, 3.05) is 7.11 Å². The lowest BCUT2D eigenvalue weighted by Gasteiger charge is -2.22. The summed E-state index contributed by atoms with van der Waals surface area (Å²) in [6, 6.07) is 10.2. The van der Waals surface area contributed by atoms with Gasteiger partial charge in [-0.25, -0.2) is 14.5 Å². The number of hydrogen-bond donors (Lipinski definition) is 0. The van der Waals surface area contributed by atoms with Crippen LogP contribution in [-0.4, -0.2) is 27.8 Å². The maximum atomic E-state index is 11.5. The van der Waals surface area contributed by atoms with Gasteiger partial charge in [0.2, 0.25) is 0 Å². The van der Waals surface area contributed by atoms with Gasteiger partial charge in [0.1, 0.15) is 5.82 Å². The summed E-state index contributed by atoms with van der Waals surface area (Å²) in [5.74, 6) is 0.743. The second kappa shape index (κ2) is 4.84. The molecule has 0 saturated carbocycles.